The van der Waals surface area contributed by atoms with Crippen LogP contribution in [0.2, 0.25) is 0 Å². The smallest absolute Gasteiger partial charge is 0.656 e. The Balaban J connectivity index is 0.000000230. The van der Waals surface area contributed by atoms with Gasteiger partial charge in [0.1, 0.15) is 47.7 Å². The van der Waals surface area contributed by atoms with Crippen LogP contribution in [0, 0.1) is 0 Å². The first-order chi connectivity index (χ1) is 27.8. The Labute approximate surface area is 348 Å². The van der Waals surface area contributed by atoms with Crippen molar-refractivity contribution in [3.8, 4) is 11.5 Å². The molecule has 9 rings (SSSR count). The summed E-state index contributed by atoms with van der Waals surface area (Å²) in [7, 11) is -2.56. The normalized spacial score (nSPS) is 10.9. The van der Waals surface area contributed by atoms with Gasteiger partial charge in [-0.1, -0.05) is 146 Å². The fourth-order valence-electron chi connectivity index (χ4n) is 6.78. The summed E-state index contributed by atoms with van der Waals surface area (Å²) < 4.78 is 6.94. The third-order valence-electron chi connectivity index (χ3n) is 9.37. The van der Waals surface area contributed by atoms with Crippen molar-refractivity contribution in [3.63, 3.8) is 0 Å². The first-order valence-corrected chi connectivity index (χ1v) is 21.7. The maximum Gasteiger partial charge on any atom is 1.00 e. The van der Waals surface area contributed by atoms with Crippen molar-refractivity contribution in [2.75, 3.05) is 0 Å². The monoisotopic (exact) mass is 822 g/mol. The van der Waals surface area contributed by atoms with Gasteiger partial charge in [0.05, 0.1) is 5.69 Å². The van der Waals surface area contributed by atoms with Crippen LogP contribution in [0.4, 0.5) is 5.69 Å². The van der Waals surface area contributed by atoms with Crippen LogP contribution in [0.1, 0.15) is 5.69 Å². The third-order valence-corrected chi connectivity index (χ3v) is 14.9. The molecule has 0 unspecified atom stereocenters. The van der Waals surface area contributed by atoms with E-state index in [4.69, 9.17) is 4.74 Å². The molecule has 0 atom stereocenters. The molecule has 0 saturated carbocycles. The topological polar surface area (TPSA) is 35.7 Å². The summed E-state index contributed by atoms with van der Waals surface area (Å²) in [5, 5.41) is 9.04. The molecule has 0 amide bonds. The zero-order valence-electron chi connectivity index (χ0n) is 31.1. The average molecular weight is 823 g/mol. The molecule has 0 aliphatic heterocycles. The van der Waals surface area contributed by atoms with Gasteiger partial charge in [0.25, 0.3) is 0 Å². The Morgan fingerprint density at radius 1 is 0.404 bits per heavy atom. The van der Waals surface area contributed by atoms with Crippen LogP contribution in [0.25, 0.3) is 10.9 Å². The van der Waals surface area contributed by atoms with E-state index in [1.54, 1.807) is 6.21 Å². The number of rotatable bonds is 10. The van der Waals surface area contributed by atoms with Crippen molar-refractivity contribution in [3.05, 3.63) is 236 Å². The van der Waals surface area contributed by atoms with Crippen LogP contribution < -0.4 is 41.5 Å². The minimum atomic E-state index is -1.28. The Morgan fingerprint density at radius 3 is 1.21 bits per heavy atom. The second-order valence-electron chi connectivity index (χ2n) is 13.1. The van der Waals surface area contributed by atoms with Gasteiger partial charge >= 0.3 is 17.1 Å². The van der Waals surface area contributed by atoms with E-state index in [9.17, 15) is 0 Å². The van der Waals surface area contributed by atoms with E-state index >= 15 is 0 Å². The summed E-state index contributed by atoms with van der Waals surface area (Å²) in [5.41, 5.74) is 2.86. The van der Waals surface area contributed by atoms with Crippen molar-refractivity contribution in [2.24, 2.45) is 4.99 Å². The van der Waals surface area contributed by atoms with Gasteiger partial charge in [0, 0.05) is 6.21 Å². The summed E-state index contributed by atoms with van der Waals surface area (Å²) in [6.45, 7) is 0. The molecule has 57 heavy (non-hydrogen) atoms. The minimum absolute atomic E-state index is 0. The molecule has 1 heterocycles. The first kappa shape index (κ1) is 39.4. The predicted octanol–water partition coefficient (Wildman–Crippen LogP) is 10.0. The van der Waals surface area contributed by atoms with E-state index in [1.165, 1.54) is 31.8 Å². The summed E-state index contributed by atoms with van der Waals surface area (Å²) in [5.74, 6) is 1.85. The molecule has 6 heteroatoms. The Hall–Kier alpha value is -5.85. The van der Waals surface area contributed by atoms with Gasteiger partial charge in [-0.25, -0.2) is 0 Å². The predicted molar refractivity (Wildman–Crippen MR) is 244 cm³/mol. The number of para-hydroxylation sites is 4. The molecule has 280 valence electrons. The van der Waals surface area contributed by atoms with Crippen molar-refractivity contribution < 1.29 is 21.8 Å². The average Bonchev–Trinajstić information content (AvgIpc) is 3.70. The molecule has 8 aromatic carbocycles. The Kier molecular flexibility index (Phi) is 13.7. The second-order valence-corrected chi connectivity index (χ2v) is 18.0. The van der Waals surface area contributed by atoms with Crippen molar-refractivity contribution in [2.45, 2.75) is 0 Å². The molecule has 0 bridgehead atoms. The largest absolute Gasteiger partial charge is 1.00 e. The molecule has 9 aromatic rings. The summed E-state index contributed by atoms with van der Waals surface area (Å²) in [4.78, 5) is 8.86. The van der Waals surface area contributed by atoms with Gasteiger partial charge in [-0.2, -0.15) is 0 Å². The molecular formula is C51H41CuN2OP2+2. The van der Waals surface area contributed by atoms with Gasteiger partial charge in [-0.05, 0) is 90.3 Å². The number of benzene rings is 8. The summed E-state index contributed by atoms with van der Waals surface area (Å²) >= 11 is 0. The van der Waals surface area contributed by atoms with E-state index in [0.29, 0.717) is 0 Å². The first-order valence-electron chi connectivity index (χ1n) is 18.7. The van der Waals surface area contributed by atoms with Crippen LogP contribution in [0.15, 0.2) is 236 Å². The van der Waals surface area contributed by atoms with Crippen LogP contribution in [-0.4, -0.2) is 6.21 Å². The zero-order valence-corrected chi connectivity index (χ0v) is 34.1. The van der Waals surface area contributed by atoms with Gasteiger partial charge in [0.2, 0.25) is 0 Å². The third kappa shape index (κ3) is 9.94. The molecule has 0 aliphatic carbocycles. The van der Waals surface area contributed by atoms with E-state index in [0.717, 1.165) is 33.8 Å². The summed E-state index contributed by atoms with van der Waals surface area (Å²) in [6.07, 6.45) is 1.80. The molecular weight excluding hydrogens is 782 g/mol. The maximum absolute atomic E-state index is 6.94. The second kappa shape index (κ2) is 19.8. The number of aliphatic imine (C=N–C) groups is 1. The molecule has 0 N–H and O–H groups in total. The molecule has 0 saturated heterocycles. The number of fused-ring (bicyclic) bond motifs is 1. The zero-order chi connectivity index (χ0) is 37.8. The number of nitrogens with zero attached hydrogens (tertiary/aromatic N) is 2. The number of hydrogen-bond donors (Lipinski definition) is 0. The maximum atomic E-state index is 6.94. The van der Waals surface area contributed by atoms with E-state index < -0.39 is 15.8 Å². The molecule has 0 spiro atoms. The fraction of sp³-hybridized carbons (Fsp3) is 0. The minimum Gasteiger partial charge on any atom is -0.656 e. The Morgan fingerprint density at radius 2 is 0.772 bits per heavy atom. The van der Waals surface area contributed by atoms with Crippen LogP contribution in [0.3, 0.4) is 0 Å². The number of hydrogen-bond acceptors (Lipinski definition) is 2. The van der Waals surface area contributed by atoms with Gasteiger partial charge in [0.15, 0.2) is 11.5 Å². The molecule has 3 nitrogen and oxygen atoms in total. The molecule has 1 aromatic heterocycles. The fourth-order valence-corrected chi connectivity index (χ4v) is 12.1. The van der Waals surface area contributed by atoms with Gasteiger partial charge in [-0.15, -0.1) is 11.2 Å². The number of aromatic nitrogens is 1. The number of ether oxygens (including phenoxy) is 1. The Bertz CT molecular complexity index is 2380. The molecule has 0 aliphatic rings. The van der Waals surface area contributed by atoms with Gasteiger partial charge < -0.3 is 9.72 Å². The molecule has 0 radical (unpaired) electrons. The SMILES string of the molecule is C(=Nc1ccccc1)c1cc2ccccc2[n-]1.[Cu+].c1ccc([PH+](c2ccccc2)c2ccccc2Oc2ccccc2[PH+](c2ccccc2)c2ccccc2)cc1. The van der Waals surface area contributed by atoms with E-state index in [-0.39, 0.29) is 17.1 Å². The van der Waals surface area contributed by atoms with Crippen LogP contribution >= 0.6 is 15.8 Å². The summed E-state index contributed by atoms with van der Waals surface area (Å²) in [6, 6.07) is 80.6. The van der Waals surface area contributed by atoms with Crippen molar-refractivity contribution >= 4 is 70.5 Å². The van der Waals surface area contributed by atoms with Gasteiger partial charge in [-0.3, -0.25) is 4.99 Å². The standard InChI is InChI=1S/C36H28OP2.C15H11N2.Cu/c1-5-17-29(18-6-1)38(30-19-7-2-8-20-30)35-27-15-13-25-33(35)37-34-26-14-16-28-36(34)39(31-21-9-3-10-22-31)32-23-11-4-12-24-32;1-2-7-13(8-3-1)16-11-14-10-12-6-4-5-9-15(12)17-14;/h1-28H;1-11H;/q;-1;+1/p+2. The quantitative estimate of drug-likeness (QED) is 0.0783. The van der Waals surface area contributed by atoms with Crippen molar-refractivity contribution in [1.29, 1.82) is 0 Å². The van der Waals surface area contributed by atoms with Crippen molar-refractivity contribution in [1.82, 2.24) is 4.98 Å². The van der Waals surface area contributed by atoms with E-state index in [2.05, 4.69) is 186 Å². The van der Waals surface area contributed by atoms with Crippen LogP contribution in [0.5, 0.6) is 11.5 Å². The van der Waals surface area contributed by atoms with Crippen LogP contribution in [-0.2, 0) is 17.1 Å². The molecule has 0 fully saturated rings. The van der Waals surface area contributed by atoms with E-state index in [1.807, 2.05) is 54.6 Å².